The molecule has 0 unspecified atom stereocenters. The van der Waals surface area contributed by atoms with Crippen molar-refractivity contribution in [2.24, 2.45) is 0 Å². The summed E-state index contributed by atoms with van der Waals surface area (Å²) in [4.78, 5) is 10.1. The average molecular weight is 174 g/mol. The van der Waals surface area contributed by atoms with E-state index in [-0.39, 0.29) is 6.29 Å². The maximum Gasteiger partial charge on any atom is 0.169 e. The number of hydrogen-bond donors (Lipinski definition) is 0. The molecule has 0 heterocycles. The Morgan fingerprint density at radius 2 is 1.83 bits per heavy atom. The van der Waals surface area contributed by atoms with E-state index in [0.29, 0.717) is 6.07 Å². The van der Waals surface area contributed by atoms with Gasteiger partial charge in [-0.25, -0.2) is 13.2 Å². The first-order valence-corrected chi connectivity index (χ1v) is 3.17. The van der Waals surface area contributed by atoms with Gasteiger partial charge in [-0.3, -0.25) is 4.79 Å². The zero-order chi connectivity index (χ0) is 9.30. The van der Waals surface area contributed by atoms with Crippen LogP contribution in [0.2, 0.25) is 0 Å². The zero-order valence-corrected chi connectivity index (χ0v) is 6.20. The molecule has 0 amide bonds. The molecule has 1 nitrogen and oxygen atoms in total. The lowest BCUT2D eigenvalue weighted by molar-refractivity contribution is 0.111. The molecule has 0 bridgehead atoms. The van der Waals surface area contributed by atoms with Crippen molar-refractivity contribution < 1.29 is 18.0 Å². The van der Waals surface area contributed by atoms with Crippen molar-refractivity contribution >= 4 is 6.29 Å². The van der Waals surface area contributed by atoms with E-state index >= 15 is 0 Å². The van der Waals surface area contributed by atoms with Gasteiger partial charge >= 0.3 is 0 Å². The molecule has 64 valence electrons. The first-order chi connectivity index (χ1) is 5.57. The molecule has 0 saturated carbocycles. The Morgan fingerprint density at radius 1 is 1.25 bits per heavy atom. The van der Waals surface area contributed by atoms with Crippen LogP contribution in [0.1, 0.15) is 15.9 Å². The molecular formula is C8H5F3O. The number of hydrogen-bond acceptors (Lipinski definition) is 1. The minimum absolute atomic E-state index is 0.0704. The number of carbonyl (C=O) groups is 1. The largest absolute Gasteiger partial charge is 0.298 e. The van der Waals surface area contributed by atoms with Crippen molar-refractivity contribution in [1.29, 1.82) is 0 Å². The van der Waals surface area contributed by atoms with Crippen molar-refractivity contribution in [3.8, 4) is 0 Å². The van der Waals surface area contributed by atoms with E-state index in [1.807, 2.05) is 0 Å². The average Bonchev–Trinajstić information content (AvgIpc) is 2.08. The molecule has 0 N–H and O–H groups in total. The van der Waals surface area contributed by atoms with E-state index in [0.717, 1.165) is 6.92 Å². The van der Waals surface area contributed by atoms with Crippen LogP contribution < -0.4 is 0 Å². The van der Waals surface area contributed by atoms with E-state index in [2.05, 4.69) is 0 Å². The van der Waals surface area contributed by atoms with Gasteiger partial charge in [0.1, 0.15) is 5.82 Å². The van der Waals surface area contributed by atoms with Crippen molar-refractivity contribution in [3.05, 3.63) is 34.6 Å². The number of carbonyl (C=O) groups excluding carboxylic acids is 1. The zero-order valence-electron chi connectivity index (χ0n) is 6.20. The van der Waals surface area contributed by atoms with Crippen LogP contribution in [-0.2, 0) is 0 Å². The van der Waals surface area contributed by atoms with Crippen molar-refractivity contribution in [2.75, 3.05) is 0 Å². The SMILES string of the molecule is Cc1c(F)cc(C=O)c(F)c1F. The Bertz CT molecular complexity index is 334. The second kappa shape index (κ2) is 2.97. The maximum atomic E-state index is 12.7. The van der Waals surface area contributed by atoms with Crippen LogP contribution in [0.25, 0.3) is 0 Å². The minimum Gasteiger partial charge on any atom is -0.298 e. The third kappa shape index (κ3) is 1.20. The lowest BCUT2D eigenvalue weighted by Crippen LogP contribution is -1.99. The van der Waals surface area contributed by atoms with Crippen LogP contribution in [0.15, 0.2) is 6.07 Å². The van der Waals surface area contributed by atoms with E-state index in [1.165, 1.54) is 0 Å². The summed E-state index contributed by atoms with van der Waals surface area (Å²) in [5, 5.41) is 0. The quantitative estimate of drug-likeness (QED) is 0.471. The van der Waals surface area contributed by atoms with Gasteiger partial charge in [-0.1, -0.05) is 0 Å². The molecule has 0 aliphatic rings. The van der Waals surface area contributed by atoms with Crippen LogP contribution >= 0.6 is 0 Å². The first-order valence-electron chi connectivity index (χ1n) is 3.17. The summed E-state index contributed by atoms with van der Waals surface area (Å²) in [6.45, 7) is 1.10. The fourth-order valence-corrected chi connectivity index (χ4v) is 0.790. The number of halogens is 3. The maximum absolute atomic E-state index is 12.7. The fourth-order valence-electron chi connectivity index (χ4n) is 0.790. The third-order valence-corrected chi connectivity index (χ3v) is 1.54. The van der Waals surface area contributed by atoms with E-state index in [9.17, 15) is 18.0 Å². The summed E-state index contributed by atoms with van der Waals surface area (Å²) >= 11 is 0. The molecular weight excluding hydrogens is 169 g/mol. The fraction of sp³-hybridized carbons (Fsp3) is 0.125. The van der Waals surface area contributed by atoms with Crippen LogP contribution in [0.4, 0.5) is 13.2 Å². The van der Waals surface area contributed by atoms with E-state index < -0.39 is 28.6 Å². The monoisotopic (exact) mass is 174 g/mol. The second-order valence-corrected chi connectivity index (χ2v) is 2.32. The minimum atomic E-state index is -1.31. The predicted octanol–water partition coefficient (Wildman–Crippen LogP) is 2.22. The van der Waals surface area contributed by atoms with Crippen molar-refractivity contribution in [1.82, 2.24) is 0 Å². The van der Waals surface area contributed by atoms with Crippen molar-refractivity contribution in [3.63, 3.8) is 0 Å². The lowest BCUT2D eigenvalue weighted by atomic mass is 10.1. The molecule has 0 aliphatic carbocycles. The van der Waals surface area contributed by atoms with Gasteiger partial charge in [0.25, 0.3) is 0 Å². The summed E-state index contributed by atoms with van der Waals surface area (Å²) < 4.78 is 38.0. The first kappa shape index (κ1) is 8.77. The van der Waals surface area contributed by atoms with E-state index in [1.54, 1.807) is 0 Å². The van der Waals surface area contributed by atoms with Gasteiger partial charge in [-0.15, -0.1) is 0 Å². The van der Waals surface area contributed by atoms with Crippen molar-refractivity contribution in [2.45, 2.75) is 6.92 Å². The molecule has 4 heteroatoms. The second-order valence-electron chi connectivity index (χ2n) is 2.32. The van der Waals surface area contributed by atoms with Crippen LogP contribution in [-0.4, -0.2) is 6.29 Å². The van der Waals surface area contributed by atoms with Gasteiger partial charge in [0.05, 0.1) is 5.56 Å². The summed E-state index contributed by atoms with van der Waals surface area (Å²) in [5.74, 6) is -3.53. The highest BCUT2D eigenvalue weighted by molar-refractivity contribution is 5.75. The van der Waals surface area contributed by atoms with E-state index in [4.69, 9.17) is 0 Å². The molecule has 0 radical (unpaired) electrons. The molecule has 1 aromatic carbocycles. The Labute approximate surface area is 66.8 Å². The normalized spacial score (nSPS) is 10.0. The summed E-state index contributed by atoms with van der Waals surface area (Å²) in [6, 6.07) is 0.667. The third-order valence-electron chi connectivity index (χ3n) is 1.54. The van der Waals surface area contributed by atoms with Crippen LogP contribution in [0, 0.1) is 24.4 Å². The number of rotatable bonds is 1. The van der Waals surface area contributed by atoms with Gasteiger partial charge in [0, 0.05) is 5.56 Å². The predicted molar refractivity (Wildman–Crippen MR) is 36.4 cm³/mol. The summed E-state index contributed by atoms with van der Waals surface area (Å²) in [7, 11) is 0. The summed E-state index contributed by atoms with van der Waals surface area (Å²) in [6.07, 6.45) is 0.0704. The van der Waals surface area contributed by atoms with Gasteiger partial charge in [-0.05, 0) is 13.0 Å². The molecule has 1 aromatic rings. The van der Waals surface area contributed by atoms with Gasteiger partial charge in [0.15, 0.2) is 17.9 Å². The topological polar surface area (TPSA) is 17.1 Å². The number of benzene rings is 1. The smallest absolute Gasteiger partial charge is 0.169 e. The Balaban J connectivity index is 3.49. The highest BCUT2D eigenvalue weighted by Crippen LogP contribution is 2.17. The number of aldehydes is 1. The van der Waals surface area contributed by atoms with Gasteiger partial charge in [-0.2, -0.15) is 0 Å². The van der Waals surface area contributed by atoms with Crippen LogP contribution in [0.5, 0.6) is 0 Å². The molecule has 1 rings (SSSR count). The molecule has 0 atom stereocenters. The molecule has 0 aliphatic heterocycles. The Kier molecular flexibility index (Phi) is 2.17. The summed E-state index contributed by atoms with van der Waals surface area (Å²) in [5.41, 5.74) is -1.02. The standard InChI is InChI=1S/C8H5F3O/c1-4-6(9)2-5(3-12)8(11)7(4)10/h2-3H,1H3. The van der Waals surface area contributed by atoms with Gasteiger partial charge < -0.3 is 0 Å². The highest BCUT2D eigenvalue weighted by atomic mass is 19.2. The van der Waals surface area contributed by atoms with Crippen LogP contribution in [0.3, 0.4) is 0 Å². The van der Waals surface area contributed by atoms with Gasteiger partial charge in [0.2, 0.25) is 0 Å². The molecule has 12 heavy (non-hydrogen) atoms. The molecule has 0 saturated heterocycles. The Morgan fingerprint density at radius 3 is 2.33 bits per heavy atom. The lowest BCUT2D eigenvalue weighted by Gasteiger charge is -2.01. The Hall–Kier alpha value is -1.32. The highest BCUT2D eigenvalue weighted by Gasteiger charge is 2.14. The molecule has 0 spiro atoms. The molecule has 0 aromatic heterocycles. The molecule has 0 fully saturated rings.